The third-order valence-electron chi connectivity index (χ3n) is 3.14. The second-order valence-corrected chi connectivity index (χ2v) is 4.72. The van der Waals surface area contributed by atoms with Gasteiger partial charge in [-0.1, -0.05) is 0 Å². The summed E-state index contributed by atoms with van der Waals surface area (Å²) in [6.45, 7) is 0.946. The fourth-order valence-corrected chi connectivity index (χ4v) is 2.11. The lowest BCUT2D eigenvalue weighted by molar-refractivity contribution is 0.145. The van der Waals surface area contributed by atoms with Gasteiger partial charge in [0.15, 0.2) is 11.5 Å². The Morgan fingerprint density at radius 1 is 1.14 bits per heavy atom. The number of fused-ring (bicyclic) bond motifs is 1. The SMILES string of the molecule is COCCOc1cc2[nH]ccc2cc1Oc1ccnc(N)c1. The van der Waals surface area contributed by atoms with E-state index in [1.807, 2.05) is 24.4 Å². The lowest BCUT2D eigenvalue weighted by Crippen LogP contribution is -2.05. The summed E-state index contributed by atoms with van der Waals surface area (Å²) in [5, 5.41) is 1.04. The highest BCUT2D eigenvalue weighted by atomic mass is 16.5. The number of rotatable bonds is 6. The van der Waals surface area contributed by atoms with Gasteiger partial charge in [-0.15, -0.1) is 0 Å². The van der Waals surface area contributed by atoms with Crippen LogP contribution in [0.25, 0.3) is 10.9 Å². The van der Waals surface area contributed by atoms with Crippen molar-refractivity contribution in [3.8, 4) is 17.2 Å². The number of methoxy groups -OCH3 is 1. The van der Waals surface area contributed by atoms with Gasteiger partial charge in [-0.05, 0) is 18.2 Å². The van der Waals surface area contributed by atoms with E-state index in [2.05, 4.69) is 9.97 Å². The number of ether oxygens (including phenoxy) is 3. The first kappa shape index (κ1) is 14.2. The molecule has 22 heavy (non-hydrogen) atoms. The highest BCUT2D eigenvalue weighted by Crippen LogP contribution is 2.35. The maximum atomic E-state index is 5.90. The van der Waals surface area contributed by atoms with E-state index < -0.39 is 0 Å². The lowest BCUT2D eigenvalue weighted by Gasteiger charge is -2.13. The van der Waals surface area contributed by atoms with Crippen LogP contribution in [0, 0.1) is 0 Å². The van der Waals surface area contributed by atoms with Crippen molar-refractivity contribution in [2.75, 3.05) is 26.1 Å². The van der Waals surface area contributed by atoms with Crippen LogP contribution < -0.4 is 15.2 Å². The van der Waals surface area contributed by atoms with Crippen LogP contribution in [0.5, 0.6) is 17.2 Å². The van der Waals surface area contributed by atoms with Crippen LogP contribution in [0.2, 0.25) is 0 Å². The number of nitrogens with zero attached hydrogens (tertiary/aromatic N) is 1. The van der Waals surface area contributed by atoms with Gasteiger partial charge >= 0.3 is 0 Å². The molecule has 0 fully saturated rings. The highest BCUT2D eigenvalue weighted by Gasteiger charge is 2.10. The minimum absolute atomic E-state index is 0.405. The Morgan fingerprint density at radius 3 is 2.86 bits per heavy atom. The van der Waals surface area contributed by atoms with Crippen molar-refractivity contribution in [1.82, 2.24) is 9.97 Å². The quantitative estimate of drug-likeness (QED) is 0.684. The maximum Gasteiger partial charge on any atom is 0.170 e. The Morgan fingerprint density at radius 2 is 2.05 bits per heavy atom. The van der Waals surface area contributed by atoms with Crippen molar-refractivity contribution < 1.29 is 14.2 Å². The summed E-state index contributed by atoms with van der Waals surface area (Å²) >= 11 is 0. The van der Waals surface area contributed by atoms with Crippen LogP contribution in [0.1, 0.15) is 0 Å². The second-order valence-electron chi connectivity index (χ2n) is 4.72. The monoisotopic (exact) mass is 299 g/mol. The van der Waals surface area contributed by atoms with E-state index >= 15 is 0 Å². The van der Waals surface area contributed by atoms with Crippen LogP contribution in [-0.2, 0) is 4.74 Å². The number of nitrogens with two attached hydrogens (primary N) is 1. The zero-order valence-corrected chi connectivity index (χ0v) is 12.2. The molecule has 2 heterocycles. The summed E-state index contributed by atoms with van der Waals surface area (Å²) in [5.41, 5.74) is 6.66. The van der Waals surface area contributed by atoms with E-state index in [1.54, 1.807) is 25.4 Å². The number of nitrogens with one attached hydrogen (secondary N) is 1. The summed E-state index contributed by atoms with van der Waals surface area (Å²) in [5.74, 6) is 2.28. The molecule has 0 radical (unpaired) electrons. The van der Waals surface area contributed by atoms with E-state index in [0.29, 0.717) is 36.3 Å². The van der Waals surface area contributed by atoms with Crippen molar-refractivity contribution in [2.45, 2.75) is 0 Å². The van der Waals surface area contributed by atoms with Crippen LogP contribution >= 0.6 is 0 Å². The number of nitrogen functional groups attached to an aromatic ring is 1. The number of hydrogen-bond donors (Lipinski definition) is 2. The van der Waals surface area contributed by atoms with E-state index in [-0.39, 0.29) is 0 Å². The molecule has 0 saturated carbocycles. The summed E-state index contributed by atoms with van der Waals surface area (Å²) < 4.78 is 16.7. The van der Waals surface area contributed by atoms with Crippen molar-refractivity contribution >= 4 is 16.7 Å². The fourth-order valence-electron chi connectivity index (χ4n) is 2.11. The molecular formula is C16H17N3O3. The number of aromatic amines is 1. The topological polar surface area (TPSA) is 82.4 Å². The van der Waals surface area contributed by atoms with Gasteiger partial charge in [0, 0.05) is 42.5 Å². The Labute approximate surface area is 127 Å². The van der Waals surface area contributed by atoms with Gasteiger partial charge < -0.3 is 24.9 Å². The minimum Gasteiger partial charge on any atom is -0.487 e. The Bertz CT molecular complexity index is 770. The summed E-state index contributed by atoms with van der Waals surface area (Å²) in [6, 6.07) is 9.22. The normalized spacial score (nSPS) is 10.8. The summed E-state index contributed by atoms with van der Waals surface area (Å²) in [7, 11) is 1.63. The number of anilines is 1. The van der Waals surface area contributed by atoms with Gasteiger partial charge in [0.2, 0.25) is 0 Å². The van der Waals surface area contributed by atoms with Gasteiger partial charge in [0.05, 0.1) is 6.61 Å². The number of pyridine rings is 1. The van der Waals surface area contributed by atoms with E-state index in [4.69, 9.17) is 19.9 Å². The highest BCUT2D eigenvalue weighted by molar-refractivity contribution is 5.83. The summed E-state index contributed by atoms with van der Waals surface area (Å²) in [6.07, 6.45) is 3.47. The van der Waals surface area contributed by atoms with Crippen LogP contribution in [-0.4, -0.2) is 30.3 Å². The molecule has 0 unspecified atom stereocenters. The lowest BCUT2D eigenvalue weighted by atomic mass is 10.2. The Hall–Kier alpha value is -2.73. The van der Waals surface area contributed by atoms with E-state index in [9.17, 15) is 0 Å². The Balaban J connectivity index is 1.92. The smallest absolute Gasteiger partial charge is 0.170 e. The second kappa shape index (κ2) is 6.36. The number of hydrogen-bond acceptors (Lipinski definition) is 5. The van der Waals surface area contributed by atoms with Gasteiger partial charge in [0.1, 0.15) is 18.2 Å². The maximum absolute atomic E-state index is 5.90. The third-order valence-corrected chi connectivity index (χ3v) is 3.14. The van der Waals surface area contributed by atoms with Gasteiger partial charge in [-0.2, -0.15) is 0 Å². The number of benzene rings is 1. The van der Waals surface area contributed by atoms with Crippen molar-refractivity contribution in [3.05, 3.63) is 42.7 Å². The number of aromatic nitrogens is 2. The van der Waals surface area contributed by atoms with Gasteiger partial charge in [0.25, 0.3) is 0 Å². The Kier molecular flexibility index (Phi) is 4.11. The van der Waals surface area contributed by atoms with Crippen molar-refractivity contribution in [2.24, 2.45) is 0 Å². The molecule has 1 aromatic carbocycles. The number of H-pyrrole nitrogens is 1. The van der Waals surface area contributed by atoms with Crippen molar-refractivity contribution in [3.63, 3.8) is 0 Å². The molecule has 0 amide bonds. The van der Waals surface area contributed by atoms with Crippen LogP contribution in [0.4, 0.5) is 5.82 Å². The predicted octanol–water partition coefficient (Wildman–Crippen LogP) is 2.96. The molecule has 0 aliphatic rings. The third kappa shape index (κ3) is 3.12. The average Bonchev–Trinajstić information content (AvgIpc) is 2.95. The summed E-state index contributed by atoms with van der Waals surface area (Å²) in [4.78, 5) is 7.10. The first-order valence-corrected chi connectivity index (χ1v) is 6.88. The molecule has 0 saturated heterocycles. The average molecular weight is 299 g/mol. The molecule has 3 rings (SSSR count). The standard InChI is InChI=1S/C16H17N3O3/c1-20-6-7-21-14-10-13-11(2-4-18-13)8-15(14)22-12-3-5-19-16(17)9-12/h2-5,8-10,18H,6-7H2,1H3,(H2,17,19). The van der Waals surface area contributed by atoms with Gasteiger partial charge in [-0.3, -0.25) is 0 Å². The molecule has 114 valence electrons. The first-order valence-electron chi connectivity index (χ1n) is 6.88. The zero-order chi connectivity index (χ0) is 15.4. The largest absolute Gasteiger partial charge is 0.487 e. The molecule has 3 aromatic rings. The van der Waals surface area contributed by atoms with Gasteiger partial charge in [-0.25, -0.2) is 4.98 Å². The molecule has 0 spiro atoms. The molecule has 0 bridgehead atoms. The molecule has 3 N–H and O–H groups in total. The zero-order valence-electron chi connectivity index (χ0n) is 12.2. The molecule has 2 aromatic heterocycles. The van der Waals surface area contributed by atoms with E-state index in [0.717, 1.165) is 10.9 Å². The minimum atomic E-state index is 0.405. The molecule has 0 aliphatic heterocycles. The molecule has 6 heteroatoms. The first-order chi connectivity index (χ1) is 10.8. The molecule has 0 aliphatic carbocycles. The molecular weight excluding hydrogens is 282 g/mol. The van der Waals surface area contributed by atoms with Crippen LogP contribution in [0.3, 0.4) is 0 Å². The fraction of sp³-hybridized carbons (Fsp3) is 0.188. The molecule has 6 nitrogen and oxygen atoms in total. The molecule has 0 atom stereocenters. The van der Waals surface area contributed by atoms with Crippen molar-refractivity contribution in [1.29, 1.82) is 0 Å². The predicted molar refractivity (Wildman–Crippen MR) is 84.4 cm³/mol. The van der Waals surface area contributed by atoms with E-state index in [1.165, 1.54) is 0 Å². The van der Waals surface area contributed by atoms with Crippen LogP contribution in [0.15, 0.2) is 42.7 Å².